The Morgan fingerprint density at radius 2 is 1.90 bits per heavy atom. The van der Waals surface area contributed by atoms with Gasteiger partial charge < -0.3 is 8.92 Å². The molecule has 0 atom stereocenters. The molecule has 0 aliphatic heterocycles. The Kier molecular flexibility index (Phi) is 3.98. The highest BCUT2D eigenvalue weighted by Crippen LogP contribution is 2.57. The number of halogens is 3. The molecular formula is C12H15F3O5S. The molecule has 1 fully saturated rings. The lowest BCUT2D eigenvalue weighted by Crippen LogP contribution is -2.28. The third-order valence-corrected chi connectivity index (χ3v) is 4.73. The number of rotatable bonds is 4. The third kappa shape index (κ3) is 3.33. The van der Waals surface area contributed by atoms with E-state index in [2.05, 4.69) is 4.18 Å². The Morgan fingerprint density at radius 1 is 1.29 bits per heavy atom. The van der Waals surface area contributed by atoms with Crippen LogP contribution in [0.15, 0.2) is 11.3 Å². The van der Waals surface area contributed by atoms with Crippen LogP contribution >= 0.6 is 0 Å². The number of hydrogen-bond donors (Lipinski definition) is 0. The lowest BCUT2D eigenvalue weighted by molar-refractivity contribution is -0.139. The van der Waals surface area contributed by atoms with Crippen molar-refractivity contribution in [2.24, 2.45) is 5.41 Å². The maximum atomic E-state index is 12.4. The quantitative estimate of drug-likeness (QED) is 0.451. The topological polar surface area (TPSA) is 69.7 Å². The molecule has 1 saturated carbocycles. The second kappa shape index (κ2) is 5.19. The average Bonchev–Trinajstić information content (AvgIpc) is 3.10. The number of ether oxygens (including phenoxy) is 1. The van der Waals surface area contributed by atoms with Crippen molar-refractivity contribution < 1.29 is 35.3 Å². The van der Waals surface area contributed by atoms with Crippen LogP contribution in [0.5, 0.6) is 0 Å². The van der Waals surface area contributed by atoms with E-state index in [1.807, 2.05) is 0 Å². The summed E-state index contributed by atoms with van der Waals surface area (Å²) in [5.74, 6) is -1.25. The zero-order valence-corrected chi connectivity index (χ0v) is 12.1. The lowest BCUT2D eigenvalue weighted by Gasteiger charge is -2.25. The molecule has 2 aliphatic carbocycles. The smallest absolute Gasteiger partial charge is 0.463 e. The SMILES string of the molecule is CCOC(=O)C1=C(OS(=O)(=O)C(F)(F)F)CCC2(CC2)C1. The summed E-state index contributed by atoms with van der Waals surface area (Å²) in [6.07, 6.45) is 2.45. The first kappa shape index (κ1) is 16.1. The number of alkyl halides is 3. The van der Waals surface area contributed by atoms with Crippen molar-refractivity contribution in [2.45, 2.75) is 44.5 Å². The largest absolute Gasteiger partial charge is 0.534 e. The van der Waals surface area contributed by atoms with Crippen LogP contribution in [0, 0.1) is 5.41 Å². The van der Waals surface area contributed by atoms with Gasteiger partial charge in [-0.2, -0.15) is 21.6 Å². The zero-order chi connectivity index (χ0) is 15.9. The van der Waals surface area contributed by atoms with Crippen LogP contribution < -0.4 is 0 Å². The second-order valence-electron chi connectivity index (χ2n) is 5.28. The summed E-state index contributed by atoms with van der Waals surface area (Å²) < 4.78 is 68.3. The van der Waals surface area contributed by atoms with E-state index in [1.54, 1.807) is 6.92 Å². The standard InChI is InChI=1S/C12H15F3O5S/c1-2-19-10(16)8-7-11(5-6-11)4-3-9(8)20-21(17,18)12(13,14)15/h2-7H2,1H3. The average molecular weight is 328 g/mol. The molecule has 1 spiro atoms. The van der Waals surface area contributed by atoms with Crippen LogP contribution in [0.4, 0.5) is 13.2 Å². The van der Waals surface area contributed by atoms with E-state index < -0.39 is 27.4 Å². The van der Waals surface area contributed by atoms with E-state index in [-0.39, 0.29) is 30.4 Å². The molecule has 0 aromatic heterocycles. The number of carbonyl (C=O) groups excluding carboxylic acids is 1. The van der Waals surface area contributed by atoms with Crippen molar-refractivity contribution in [1.29, 1.82) is 0 Å². The number of esters is 1. The molecule has 0 bridgehead atoms. The maximum absolute atomic E-state index is 12.4. The summed E-state index contributed by atoms with van der Waals surface area (Å²) in [6, 6.07) is 0. The van der Waals surface area contributed by atoms with Crippen molar-refractivity contribution in [1.82, 2.24) is 0 Å². The lowest BCUT2D eigenvalue weighted by atomic mass is 9.85. The third-order valence-electron chi connectivity index (χ3n) is 3.74. The first-order chi connectivity index (χ1) is 9.60. The maximum Gasteiger partial charge on any atom is 0.534 e. The predicted octanol–water partition coefficient (Wildman–Crippen LogP) is 2.63. The highest BCUT2D eigenvalue weighted by atomic mass is 32.2. The van der Waals surface area contributed by atoms with Gasteiger partial charge >= 0.3 is 21.6 Å². The molecule has 0 unspecified atom stereocenters. The summed E-state index contributed by atoms with van der Waals surface area (Å²) in [6.45, 7) is 1.61. The van der Waals surface area contributed by atoms with E-state index in [9.17, 15) is 26.4 Å². The van der Waals surface area contributed by atoms with Crippen LogP contribution in [0.1, 0.15) is 39.0 Å². The van der Waals surface area contributed by atoms with Gasteiger partial charge in [-0.1, -0.05) is 0 Å². The van der Waals surface area contributed by atoms with Crippen LogP contribution in [-0.2, 0) is 23.8 Å². The number of allylic oxidation sites excluding steroid dienone is 1. The van der Waals surface area contributed by atoms with Gasteiger partial charge in [-0.25, -0.2) is 4.79 Å². The highest BCUT2D eigenvalue weighted by molar-refractivity contribution is 7.87. The fourth-order valence-corrected chi connectivity index (χ4v) is 2.91. The van der Waals surface area contributed by atoms with Gasteiger partial charge in [0.2, 0.25) is 0 Å². The number of carbonyl (C=O) groups is 1. The number of hydrogen-bond acceptors (Lipinski definition) is 5. The molecule has 0 radical (unpaired) electrons. The zero-order valence-electron chi connectivity index (χ0n) is 11.3. The van der Waals surface area contributed by atoms with E-state index in [0.29, 0.717) is 6.42 Å². The summed E-state index contributed by atoms with van der Waals surface area (Å²) in [7, 11) is -5.76. The van der Waals surface area contributed by atoms with Crippen molar-refractivity contribution in [3.8, 4) is 0 Å². The minimum absolute atomic E-state index is 0.0105. The minimum Gasteiger partial charge on any atom is -0.463 e. The molecule has 5 nitrogen and oxygen atoms in total. The Hall–Kier alpha value is -1.25. The summed E-state index contributed by atoms with van der Waals surface area (Å²) in [4.78, 5) is 11.8. The van der Waals surface area contributed by atoms with Gasteiger partial charge in [-0.3, -0.25) is 0 Å². The Balaban J connectivity index is 2.29. The predicted molar refractivity (Wildman–Crippen MR) is 65.2 cm³/mol. The van der Waals surface area contributed by atoms with Gasteiger partial charge in [-0.15, -0.1) is 0 Å². The first-order valence-corrected chi connectivity index (χ1v) is 7.91. The Labute approximate surface area is 120 Å². The molecule has 0 N–H and O–H groups in total. The van der Waals surface area contributed by atoms with E-state index in [1.165, 1.54) is 0 Å². The van der Waals surface area contributed by atoms with Gasteiger partial charge in [0.25, 0.3) is 0 Å². The van der Waals surface area contributed by atoms with Crippen LogP contribution in [-0.4, -0.2) is 26.5 Å². The van der Waals surface area contributed by atoms with Gasteiger partial charge in [0.05, 0.1) is 12.2 Å². The van der Waals surface area contributed by atoms with Crippen LogP contribution in [0.2, 0.25) is 0 Å². The molecule has 0 heterocycles. The van der Waals surface area contributed by atoms with E-state index in [4.69, 9.17) is 4.74 Å². The van der Waals surface area contributed by atoms with Crippen LogP contribution in [0.3, 0.4) is 0 Å². The summed E-state index contributed by atoms with van der Waals surface area (Å²) in [5, 5.41) is 0. The molecule has 9 heteroatoms. The molecule has 120 valence electrons. The monoisotopic (exact) mass is 328 g/mol. The Morgan fingerprint density at radius 3 is 2.38 bits per heavy atom. The normalized spacial score (nSPS) is 21.3. The molecule has 0 aromatic rings. The second-order valence-corrected chi connectivity index (χ2v) is 6.82. The van der Waals surface area contributed by atoms with Gasteiger partial charge in [-0.05, 0) is 38.0 Å². The van der Waals surface area contributed by atoms with Gasteiger partial charge in [0.15, 0.2) is 0 Å². The van der Waals surface area contributed by atoms with E-state index >= 15 is 0 Å². The molecular weight excluding hydrogens is 313 g/mol. The molecule has 0 saturated heterocycles. The summed E-state index contributed by atoms with van der Waals surface area (Å²) >= 11 is 0. The van der Waals surface area contributed by atoms with Crippen molar-refractivity contribution in [2.75, 3.05) is 6.61 Å². The van der Waals surface area contributed by atoms with E-state index in [0.717, 1.165) is 12.8 Å². The highest BCUT2D eigenvalue weighted by Gasteiger charge is 2.52. The molecule has 2 rings (SSSR count). The van der Waals surface area contributed by atoms with Crippen molar-refractivity contribution >= 4 is 16.1 Å². The summed E-state index contributed by atoms with van der Waals surface area (Å²) in [5.41, 5.74) is -5.71. The van der Waals surface area contributed by atoms with Gasteiger partial charge in [0.1, 0.15) is 5.76 Å². The molecule has 21 heavy (non-hydrogen) atoms. The van der Waals surface area contributed by atoms with Crippen LogP contribution in [0.25, 0.3) is 0 Å². The first-order valence-electron chi connectivity index (χ1n) is 6.50. The van der Waals surface area contributed by atoms with Gasteiger partial charge in [0, 0.05) is 6.42 Å². The van der Waals surface area contributed by atoms with Crippen molar-refractivity contribution in [3.05, 3.63) is 11.3 Å². The fraction of sp³-hybridized carbons (Fsp3) is 0.750. The minimum atomic E-state index is -5.76. The Bertz CT molecular complexity index is 572. The fourth-order valence-electron chi connectivity index (χ4n) is 2.37. The molecule has 2 aliphatic rings. The molecule has 0 amide bonds. The van der Waals surface area contributed by atoms with Crippen molar-refractivity contribution in [3.63, 3.8) is 0 Å². The molecule has 0 aromatic carbocycles.